The van der Waals surface area contributed by atoms with E-state index in [1.807, 2.05) is 30.3 Å². The molecule has 32 heavy (non-hydrogen) atoms. The zero-order valence-electron chi connectivity index (χ0n) is 18.9. The lowest BCUT2D eigenvalue weighted by Crippen LogP contribution is -2.61. The second-order valence-electron chi connectivity index (χ2n) is 8.72. The predicted octanol–water partition coefficient (Wildman–Crippen LogP) is 2.18. The minimum Gasteiger partial charge on any atom is -0.480 e. The summed E-state index contributed by atoms with van der Waals surface area (Å²) in [5.74, 6) is -1.91. The fourth-order valence-electron chi connectivity index (χ4n) is 5.00. The van der Waals surface area contributed by atoms with Crippen molar-refractivity contribution < 1.29 is 29.0 Å². The van der Waals surface area contributed by atoms with Crippen LogP contribution in [0.25, 0.3) is 0 Å². The molecule has 8 heteroatoms. The van der Waals surface area contributed by atoms with Gasteiger partial charge in [0.15, 0.2) is 0 Å². The molecule has 2 aliphatic rings. The normalized spacial score (nSPS) is 24.8. The first-order valence-electron chi connectivity index (χ1n) is 11.5. The molecule has 8 nitrogen and oxygen atoms in total. The summed E-state index contributed by atoms with van der Waals surface area (Å²) in [7, 11) is 0. The fourth-order valence-corrected chi connectivity index (χ4v) is 5.00. The van der Waals surface area contributed by atoms with Gasteiger partial charge in [-0.2, -0.15) is 0 Å². The Bertz CT molecular complexity index is 793. The van der Waals surface area contributed by atoms with Crippen molar-refractivity contribution in [2.24, 2.45) is 5.41 Å². The molecule has 2 fully saturated rings. The lowest BCUT2D eigenvalue weighted by Gasteiger charge is -2.45. The Morgan fingerprint density at radius 3 is 2.66 bits per heavy atom. The minimum absolute atomic E-state index is 0.226. The first-order chi connectivity index (χ1) is 15.4. The number of benzene rings is 1. The van der Waals surface area contributed by atoms with Crippen LogP contribution in [0, 0.1) is 5.41 Å². The van der Waals surface area contributed by atoms with E-state index in [2.05, 4.69) is 5.32 Å². The summed E-state index contributed by atoms with van der Waals surface area (Å²) in [6.07, 6.45) is 2.66. The lowest BCUT2D eigenvalue weighted by atomic mass is 9.72. The number of hydrogen-bond donors (Lipinski definition) is 2. The zero-order chi connectivity index (χ0) is 23.1. The van der Waals surface area contributed by atoms with Gasteiger partial charge in [-0.05, 0) is 51.6 Å². The molecule has 3 rings (SSSR count). The topological polar surface area (TPSA) is 105 Å². The SMILES string of the molecule is CCOC(=O)C(CCN[C@@H](C)C(=O)N1CCCC2(CCOC2)C1C(=O)O)c1ccccc1. The summed E-state index contributed by atoms with van der Waals surface area (Å²) >= 11 is 0. The predicted molar refractivity (Wildman–Crippen MR) is 118 cm³/mol. The number of nitrogens with zero attached hydrogens (tertiary/aromatic N) is 1. The molecule has 0 aromatic heterocycles. The van der Waals surface area contributed by atoms with Gasteiger partial charge in [0.2, 0.25) is 5.91 Å². The number of carboxylic acids is 1. The van der Waals surface area contributed by atoms with E-state index in [1.54, 1.807) is 13.8 Å². The first kappa shape index (κ1) is 24.2. The van der Waals surface area contributed by atoms with Gasteiger partial charge in [-0.15, -0.1) is 0 Å². The number of carbonyl (C=O) groups is 3. The van der Waals surface area contributed by atoms with E-state index in [-0.39, 0.29) is 11.9 Å². The second kappa shape index (κ2) is 10.9. The Labute approximate surface area is 189 Å². The summed E-state index contributed by atoms with van der Waals surface area (Å²) < 4.78 is 10.8. The molecule has 1 amide bonds. The third-order valence-corrected chi connectivity index (χ3v) is 6.64. The Morgan fingerprint density at radius 1 is 1.28 bits per heavy atom. The van der Waals surface area contributed by atoms with Crippen LogP contribution in [-0.4, -0.2) is 72.8 Å². The van der Waals surface area contributed by atoms with Crippen molar-refractivity contribution in [2.45, 2.75) is 57.5 Å². The van der Waals surface area contributed by atoms with Crippen LogP contribution in [0.2, 0.25) is 0 Å². The highest BCUT2D eigenvalue weighted by atomic mass is 16.5. The van der Waals surface area contributed by atoms with Gasteiger partial charge in [0.05, 0.1) is 25.2 Å². The highest BCUT2D eigenvalue weighted by Crippen LogP contribution is 2.43. The monoisotopic (exact) mass is 446 g/mol. The molecule has 2 aliphatic heterocycles. The van der Waals surface area contributed by atoms with Crippen LogP contribution in [0.15, 0.2) is 30.3 Å². The third-order valence-electron chi connectivity index (χ3n) is 6.64. The zero-order valence-corrected chi connectivity index (χ0v) is 18.9. The van der Waals surface area contributed by atoms with Gasteiger partial charge in [0.25, 0.3) is 0 Å². The molecule has 2 N–H and O–H groups in total. The van der Waals surface area contributed by atoms with Crippen LogP contribution in [0.4, 0.5) is 0 Å². The van der Waals surface area contributed by atoms with Crippen molar-refractivity contribution in [1.29, 1.82) is 0 Å². The van der Waals surface area contributed by atoms with Gasteiger partial charge in [-0.3, -0.25) is 9.59 Å². The van der Waals surface area contributed by atoms with E-state index in [1.165, 1.54) is 4.90 Å². The molecule has 2 saturated heterocycles. The van der Waals surface area contributed by atoms with Crippen LogP contribution in [0.3, 0.4) is 0 Å². The molecule has 1 spiro atoms. The minimum atomic E-state index is -0.970. The molecule has 1 aromatic rings. The largest absolute Gasteiger partial charge is 0.480 e. The van der Waals surface area contributed by atoms with Crippen molar-refractivity contribution in [3.63, 3.8) is 0 Å². The number of aliphatic carboxylic acids is 1. The maximum atomic E-state index is 13.2. The standard InChI is InChI=1S/C24H34N2O6/c1-3-32-23(30)19(18-8-5-4-6-9-18)10-13-25-17(2)21(27)26-14-7-11-24(12-15-31-16-24)20(26)22(28)29/h4-6,8-9,17,19-20,25H,3,7,10-16H2,1-2H3,(H,28,29)/t17-,19?,20?,24?/m0/s1. The van der Waals surface area contributed by atoms with Crippen molar-refractivity contribution in [3.05, 3.63) is 35.9 Å². The van der Waals surface area contributed by atoms with Crippen LogP contribution >= 0.6 is 0 Å². The maximum absolute atomic E-state index is 13.2. The number of rotatable bonds is 9. The highest BCUT2D eigenvalue weighted by molar-refractivity contribution is 5.87. The van der Waals surface area contributed by atoms with Gasteiger partial charge >= 0.3 is 11.9 Å². The number of esters is 1. The van der Waals surface area contributed by atoms with Gasteiger partial charge < -0.3 is 24.8 Å². The Balaban J connectivity index is 1.63. The lowest BCUT2D eigenvalue weighted by molar-refractivity contribution is -0.161. The number of carboxylic acid groups (broad SMARTS) is 1. The number of ether oxygens (including phenoxy) is 2. The molecular formula is C24H34N2O6. The third kappa shape index (κ3) is 5.30. The van der Waals surface area contributed by atoms with Gasteiger partial charge in [-0.25, -0.2) is 4.79 Å². The van der Waals surface area contributed by atoms with Crippen LogP contribution < -0.4 is 5.32 Å². The van der Waals surface area contributed by atoms with Crippen molar-refractivity contribution in [3.8, 4) is 0 Å². The second-order valence-corrected chi connectivity index (χ2v) is 8.72. The molecule has 1 aromatic carbocycles. The van der Waals surface area contributed by atoms with E-state index in [9.17, 15) is 19.5 Å². The number of piperidine rings is 1. The Morgan fingerprint density at radius 2 is 2.03 bits per heavy atom. The molecular weight excluding hydrogens is 412 g/mol. The Hall–Kier alpha value is -2.45. The van der Waals surface area contributed by atoms with Gasteiger partial charge in [-0.1, -0.05) is 30.3 Å². The van der Waals surface area contributed by atoms with E-state index in [0.29, 0.717) is 45.8 Å². The van der Waals surface area contributed by atoms with E-state index in [4.69, 9.17) is 9.47 Å². The first-order valence-corrected chi connectivity index (χ1v) is 11.5. The van der Waals surface area contributed by atoms with Gasteiger partial charge in [0, 0.05) is 18.6 Å². The molecule has 0 aliphatic carbocycles. The van der Waals surface area contributed by atoms with E-state index >= 15 is 0 Å². The Kier molecular flexibility index (Phi) is 8.26. The summed E-state index contributed by atoms with van der Waals surface area (Å²) in [6, 6.07) is 8.01. The quantitative estimate of drug-likeness (QED) is 0.560. The number of carbonyl (C=O) groups excluding carboxylic acids is 2. The maximum Gasteiger partial charge on any atom is 0.327 e. The summed E-state index contributed by atoms with van der Waals surface area (Å²) in [4.78, 5) is 39.3. The molecule has 176 valence electrons. The van der Waals surface area contributed by atoms with E-state index in [0.717, 1.165) is 18.4 Å². The van der Waals surface area contributed by atoms with Crippen LogP contribution in [0.1, 0.15) is 51.0 Å². The van der Waals surface area contributed by atoms with Crippen LogP contribution in [0.5, 0.6) is 0 Å². The smallest absolute Gasteiger partial charge is 0.327 e. The van der Waals surface area contributed by atoms with Crippen molar-refractivity contribution in [1.82, 2.24) is 10.2 Å². The average Bonchev–Trinajstić information content (AvgIpc) is 3.24. The van der Waals surface area contributed by atoms with Crippen molar-refractivity contribution in [2.75, 3.05) is 32.9 Å². The molecule has 3 unspecified atom stereocenters. The number of nitrogens with one attached hydrogen (secondary N) is 1. The van der Waals surface area contributed by atoms with Crippen molar-refractivity contribution >= 4 is 17.8 Å². The summed E-state index contributed by atoms with van der Waals surface area (Å²) in [6.45, 7) is 5.60. The molecule has 4 atom stereocenters. The molecule has 0 saturated carbocycles. The number of amides is 1. The number of likely N-dealkylation sites (tertiary alicyclic amines) is 1. The fraction of sp³-hybridized carbons (Fsp3) is 0.625. The summed E-state index contributed by atoms with van der Waals surface area (Å²) in [5.41, 5.74) is 0.374. The van der Waals surface area contributed by atoms with E-state index < -0.39 is 29.4 Å². The average molecular weight is 447 g/mol. The highest BCUT2D eigenvalue weighted by Gasteiger charge is 2.52. The molecule has 2 heterocycles. The summed E-state index contributed by atoms with van der Waals surface area (Å²) in [5, 5.41) is 13.1. The number of hydrogen-bond acceptors (Lipinski definition) is 6. The molecule has 0 bridgehead atoms. The van der Waals surface area contributed by atoms with Crippen LogP contribution in [-0.2, 0) is 23.9 Å². The molecule has 0 radical (unpaired) electrons. The van der Waals surface area contributed by atoms with Gasteiger partial charge in [0.1, 0.15) is 6.04 Å².